The summed E-state index contributed by atoms with van der Waals surface area (Å²) >= 11 is 0. The van der Waals surface area contributed by atoms with E-state index in [1.165, 1.54) is 23.4 Å². The van der Waals surface area contributed by atoms with Crippen LogP contribution in [0.4, 0.5) is 0 Å². The molecule has 1 aliphatic rings. The highest BCUT2D eigenvalue weighted by molar-refractivity contribution is 7.89. The largest absolute Gasteiger partial charge is 0.395 e. The number of nitrogens with zero attached hydrogens (tertiary/aromatic N) is 1. The van der Waals surface area contributed by atoms with Gasteiger partial charge in [-0.05, 0) is 31.9 Å². The predicted molar refractivity (Wildman–Crippen MR) is 75.1 cm³/mol. The number of benzene rings is 1. The van der Waals surface area contributed by atoms with Crippen molar-refractivity contribution in [3.63, 3.8) is 0 Å². The van der Waals surface area contributed by atoms with Gasteiger partial charge in [0.1, 0.15) is 0 Å². The predicted octanol–water partition coefficient (Wildman–Crippen LogP) is 1.42. The van der Waals surface area contributed by atoms with Crippen LogP contribution < -0.4 is 0 Å². The summed E-state index contributed by atoms with van der Waals surface area (Å²) in [5.74, 6) is -0.167. The Kier molecular flexibility index (Phi) is 4.57. The Morgan fingerprint density at radius 3 is 2.80 bits per heavy atom. The van der Waals surface area contributed by atoms with E-state index < -0.39 is 10.0 Å². The summed E-state index contributed by atoms with van der Waals surface area (Å²) in [6.45, 7) is 1.65. The summed E-state index contributed by atoms with van der Waals surface area (Å²) in [5, 5.41) is 9.35. The zero-order valence-corrected chi connectivity index (χ0v) is 12.3. The summed E-state index contributed by atoms with van der Waals surface area (Å²) in [4.78, 5) is 11.5. The van der Waals surface area contributed by atoms with Crippen LogP contribution in [0.3, 0.4) is 0 Å². The van der Waals surface area contributed by atoms with Crippen molar-refractivity contribution in [1.29, 1.82) is 0 Å². The number of ketones is 1. The van der Waals surface area contributed by atoms with Crippen molar-refractivity contribution in [3.8, 4) is 0 Å². The summed E-state index contributed by atoms with van der Waals surface area (Å²) in [7, 11) is -3.66. The number of carbonyl (C=O) groups is 1. The molecule has 0 bridgehead atoms. The van der Waals surface area contributed by atoms with Crippen LogP contribution in [0.15, 0.2) is 29.2 Å². The summed E-state index contributed by atoms with van der Waals surface area (Å²) in [6.07, 6.45) is 2.38. The number of hydrogen-bond donors (Lipinski definition) is 1. The van der Waals surface area contributed by atoms with E-state index in [2.05, 4.69) is 0 Å². The van der Waals surface area contributed by atoms with Crippen molar-refractivity contribution in [1.82, 2.24) is 4.31 Å². The molecular formula is C14H19NO4S. The molecule has 1 heterocycles. The van der Waals surface area contributed by atoms with Gasteiger partial charge < -0.3 is 5.11 Å². The fraction of sp³-hybridized carbons (Fsp3) is 0.500. The van der Waals surface area contributed by atoms with Crippen LogP contribution in [0.5, 0.6) is 0 Å². The topological polar surface area (TPSA) is 74.7 Å². The smallest absolute Gasteiger partial charge is 0.243 e. The van der Waals surface area contributed by atoms with Gasteiger partial charge in [0.25, 0.3) is 0 Å². The van der Waals surface area contributed by atoms with E-state index >= 15 is 0 Å². The van der Waals surface area contributed by atoms with Gasteiger partial charge in [-0.1, -0.05) is 18.6 Å². The highest BCUT2D eigenvalue weighted by Gasteiger charge is 2.33. The van der Waals surface area contributed by atoms with Gasteiger partial charge in [0.15, 0.2) is 5.78 Å². The number of carbonyl (C=O) groups excluding carboxylic acids is 1. The maximum Gasteiger partial charge on any atom is 0.243 e. The average molecular weight is 297 g/mol. The molecule has 1 fully saturated rings. The molecule has 1 unspecified atom stereocenters. The Bertz CT molecular complexity index is 597. The second-order valence-electron chi connectivity index (χ2n) is 5.03. The molecule has 110 valence electrons. The number of piperidine rings is 1. The molecule has 0 spiro atoms. The molecule has 1 aromatic rings. The van der Waals surface area contributed by atoms with Gasteiger partial charge in [-0.3, -0.25) is 4.79 Å². The van der Waals surface area contributed by atoms with Crippen molar-refractivity contribution in [2.24, 2.45) is 0 Å². The third kappa shape index (κ3) is 2.92. The first kappa shape index (κ1) is 15.2. The lowest BCUT2D eigenvalue weighted by Gasteiger charge is -2.33. The van der Waals surface area contributed by atoms with E-state index in [1.807, 2.05) is 0 Å². The normalized spacial score (nSPS) is 20.8. The summed E-state index contributed by atoms with van der Waals surface area (Å²) < 4.78 is 26.6. The second kappa shape index (κ2) is 6.03. The van der Waals surface area contributed by atoms with Crippen LogP contribution >= 0.6 is 0 Å². The first-order chi connectivity index (χ1) is 9.46. The van der Waals surface area contributed by atoms with Gasteiger partial charge in [-0.15, -0.1) is 0 Å². The minimum Gasteiger partial charge on any atom is -0.395 e. The van der Waals surface area contributed by atoms with Gasteiger partial charge in [-0.25, -0.2) is 8.42 Å². The fourth-order valence-electron chi connectivity index (χ4n) is 2.48. The third-order valence-corrected chi connectivity index (χ3v) is 5.58. The number of rotatable bonds is 4. The van der Waals surface area contributed by atoms with Crippen molar-refractivity contribution in [3.05, 3.63) is 29.8 Å². The van der Waals surface area contributed by atoms with E-state index in [0.29, 0.717) is 18.5 Å². The monoisotopic (exact) mass is 297 g/mol. The quantitative estimate of drug-likeness (QED) is 0.853. The number of Topliss-reactive ketones (excluding diaryl/α,β-unsaturated/α-hetero) is 1. The van der Waals surface area contributed by atoms with E-state index in [0.717, 1.165) is 12.8 Å². The average Bonchev–Trinajstić information content (AvgIpc) is 2.47. The molecule has 0 aromatic heterocycles. The van der Waals surface area contributed by atoms with Gasteiger partial charge in [0.2, 0.25) is 10.0 Å². The van der Waals surface area contributed by atoms with E-state index in [9.17, 15) is 18.3 Å². The van der Waals surface area contributed by atoms with Crippen LogP contribution in [-0.2, 0) is 10.0 Å². The van der Waals surface area contributed by atoms with Gasteiger partial charge >= 0.3 is 0 Å². The Morgan fingerprint density at radius 1 is 1.40 bits per heavy atom. The van der Waals surface area contributed by atoms with Crippen LogP contribution in [-0.4, -0.2) is 42.8 Å². The van der Waals surface area contributed by atoms with Crippen molar-refractivity contribution < 1.29 is 18.3 Å². The molecule has 1 aromatic carbocycles. The second-order valence-corrected chi connectivity index (χ2v) is 6.92. The molecule has 0 radical (unpaired) electrons. The van der Waals surface area contributed by atoms with Gasteiger partial charge in [-0.2, -0.15) is 4.31 Å². The fourth-order valence-corrected chi connectivity index (χ4v) is 4.22. The van der Waals surface area contributed by atoms with Crippen molar-refractivity contribution in [2.75, 3.05) is 13.2 Å². The Morgan fingerprint density at radius 2 is 2.15 bits per heavy atom. The summed E-state index contributed by atoms with van der Waals surface area (Å²) in [6, 6.07) is 5.70. The number of aliphatic hydroxyl groups is 1. The Labute approximate surface area is 119 Å². The molecule has 1 aliphatic heterocycles. The Hall–Kier alpha value is -1.24. The lowest BCUT2D eigenvalue weighted by atomic mass is 10.1. The number of aliphatic hydroxyl groups excluding tert-OH is 1. The lowest BCUT2D eigenvalue weighted by Crippen LogP contribution is -2.45. The first-order valence-electron chi connectivity index (χ1n) is 6.70. The highest BCUT2D eigenvalue weighted by atomic mass is 32.2. The van der Waals surface area contributed by atoms with E-state index in [-0.39, 0.29) is 23.3 Å². The van der Waals surface area contributed by atoms with Gasteiger partial charge in [0, 0.05) is 18.2 Å². The zero-order chi connectivity index (χ0) is 14.8. The molecule has 20 heavy (non-hydrogen) atoms. The first-order valence-corrected chi connectivity index (χ1v) is 8.14. The molecule has 2 rings (SSSR count). The molecule has 0 amide bonds. The standard InChI is InChI=1S/C14H19NO4S/c1-11(17)12-5-4-7-14(9-12)20(18,19)15-8-3-2-6-13(15)10-16/h4-5,7,9,13,16H,2-3,6,8,10H2,1H3. The van der Waals surface area contributed by atoms with Gasteiger partial charge in [0.05, 0.1) is 11.5 Å². The summed E-state index contributed by atoms with van der Waals surface area (Å²) in [5.41, 5.74) is 0.378. The lowest BCUT2D eigenvalue weighted by molar-refractivity contribution is 0.101. The molecule has 5 nitrogen and oxygen atoms in total. The highest BCUT2D eigenvalue weighted by Crippen LogP contribution is 2.25. The number of sulfonamides is 1. The third-order valence-electron chi connectivity index (χ3n) is 3.63. The molecule has 1 N–H and O–H groups in total. The van der Waals surface area contributed by atoms with Crippen LogP contribution in [0.2, 0.25) is 0 Å². The van der Waals surface area contributed by atoms with Crippen LogP contribution in [0.25, 0.3) is 0 Å². The molecule has 0 aliphatic carbocycles. The minimum absolute atomic E-state index is 0.116. The zero-order valence-electron chi connectivity index (χ0n) is 11.4. The van der Waals surface area contributed by atoms with E-state index in [4.69, 9.17) is 0 Å². The van der Waals surface area contributed by atoms with Crippen molar-refractivity contribution >= 4 is 15.8 Å². The Balaban J connectivity index is 2.38. The van der Waals surface area contributed by atoms with Crippen LogP contribution in [0.1, 0.15) is 36.5 Å². The molecule has 6 heteroatoms. The SMILES string of the molecule is CC(=O)c1cccc(S(=O)(=O)N2CCCCC2CO)c1. The number of hydrogen-bond acceptors (Lipinski definition) is 4. The molecule has 1 saturated heterocycles. The van der Waals surface area contributed by atoms with Crippen molar-refractivity contribution in [2.45, 2.75) is 37.1 Å². The molecular weight excluding hydrogens is 278 g/mol. The maximum atomic E-state index is 12.6. The minimum atomic E-state index is -3.66. The van der Waals surface area contributed by atoms with Crippen LogP contribution in [0, 0.1) is 0 Å². The van der Waals surface area contributed by atoms with E-state index in [1.54, 1.807) is 12.1 Å². The maximum absolute atomic E-state index is 12.6. The molecule has 1 atom stereocenters. The molecule has 0 saturated carbocycles.